The molecule has 0 atom stereocenters. The van der Waals surface area contributed by atoms with Gasteiger partial charge in [-0.25, -0.2) is 8.42 Å². The van der Waals surface area contributed by atoms with Crippen molar-refractivity contribution in [1.82, 2.24) is 4.31 Å². The monoisotopic (exact) mass is 339 g/mol. The third-order valence-electron chi connectivity index (χ3n) is 2.72. The van der Waals surface area contributed by atoms with Crippen molar-refractivity contribution < 1.29 is 17.9 Å². The quantitative estimate of drug-likeness (QED) is 0.683. The van der Waals surface area contributed by atoms with Crippen LogP contribution >= 0.6 is 22.9 Å². The van der Waals surface area contributed by atoms with Crippen molar-refractivity contribution in [1.29, 1.82) is 0 Å². The van der Waals surface area contributed by atoms with Crippen LogP contribution in [-0.4, -0.2) is 38.1 Å². The Labute approximate surface area is 128 Å². The van der Waals surface area contributed by atoms with E-state index < -0.39 is 16.0 Å². The van der Waals surface area contributed by atoms with E-state index in [1.807, 2.05) is 6.07 Å². The highest BCUT2D eigenvalue weighted by Crippen LogP contribution is 2.23. The molecular formula is C12H18ClNO4S2. The molecule has 0 radical (unpaired) electrons. The van der Waals surface area contributed by atoms with Crippen LogP contribution in [0.5, 0.6) is 0 Å². The zero-order chi connectivity index (χ0) is 15.2. The van der Waals surface area contributed by atoms with Crippen molar-refractivity contribution in [3.05, 3.63) is 21.3 Å². The fourth-order valence-electron chi connectivity index (χ4n) is 1.65. The van der Waals surface area contributed by atoms with Gasteiger partial charge in [-0.3, -0.25) is 4.79 Å². The van der Waals surface area contributed by atoms with E-state index in [0.717, 1.165) is 4.88 Å². The van der Waals surface area contributed by atoms with E-state index in [1.54, 1.807) is 13.0 Å². The maximum Gasteiger partial charge on any atom is 0.305 e. The first-order valence-electron chi connectivity index (χ1n) is 6.18. The van der Waals surface area contributed by atoms with Gasteiger partial charge in [-0.2, -0.15) is 4.31 Å². The Morgan fingerprint density at radius 1 is 1.45 bits per heavy atom. The molecule has 0 saturated carbocycles. The number of rotatable bonds is 8. The number of esters is 1. The standard InChI is InChI=1S/C12H18ClNO4S2/c1-3-14(9-10-6-7-11(13)19-10)20(16,17)8-4-5-12(15)18-2/h6-7H,3-5,8-9H2,1-2H3. The second-order valence-electron chi connectivity index (χ2n) is 4.13. The summed E-state index contributed by atoms with van der Waals surface area (Å²) in [5, 5.41) is 0. The van der Waals surface area contributed by atoms with E-state index in [-0.39, 0.29) is 18.6 Å². The van der Waals surface area contributed by atoms with E-state index in [0.29, 0.717) is 17.4 Å². The van der Waals surface area contributed by atoms with Crippen LogP contribution in [0.15, 0.2) is 12.1 Å². The van der Waals surface area contributed by atoms with Gasteiger partial charge in [0.05, 0.1) is 17.2 Å². The van der Waals surface area contributed by atoms with Crippen molar-refractivity contribution in [3.63, 3.8) is 0 Å². The highest BCUT2D eigenvalue weighted by atomic mass is 35.5. The minimum Gasteiger partial charge on any atom is -0.469 e. The molecule has 0 amide bonds. The Hall–Kier alpha value is -0.630. The predicted octanol–water partition coefficient (Wildman–Crippen LogP) is 2.51. The summed E-state index contributed by atoms with van der Waals surface area (Å²) < 4.78 is 30.9. The SMILES string of the molecule is CCN(Cc1ccc(Cl)s1)S(=O)(=O)CCCC(=O)OC. The van der Waals surface area contributed by atoms with Crippen LogP contribution in [0.1, 0.15) is 24.6 Å². The number of halogens is 1. The highest BCUT2D eigenvalue weighted by Gasteiger charge is 2.21. The minimum atomic E-state index is -3.38. The largest absolute Gasteiger partial charge is 0.469 e. The normalized spacial score (nSPS) is 11.8. The number of sulfonamides is 1. The molecular weight excluding hydrogens is 322 g/mol. The predicted molar refractivity (Wildman–Crippen MR) is 80.4 cm³/mol. The number of nitrogens with zero attached hydrogens (tertiary/aromatic N) is 1. The van der Waals surface area contributed by atoms with Gasteiger partial charge in [0.2, 0.25) is 10.0 Å². The van der Waals surface area contributed by atoms with Crippen LogP contribution in [0.2, 0.25) is 4.34 Å². The molecule has 0 bridgehead atoms. The summed E-state index contributed by atoms with van der Waals surface area (Å²) in [4.78, 5) is 11.9. The molecule has 20 heavy (non-hydrogen) atoms. The summed E-state index contributed by atoms with van der Waals surface area (Å²) in [7, 11) is -2.09. The lowest BCUT2D eigenvalue weighted by Crippen LogP contribution is -2.32. The molecule has 8 heteroatoms. The first kappa shape index (κ1) is 17.4. The van der Waals surface area contributed by atoms with Crippen LogP contribution in [0.25, 0.3) is 0 Å². The highest BCUT2D eigenvalue weighted by molar-refractivity contribution is 7.89. The maximum absolute atomic E-state index is 12.2. The summed E-state index contributed by atoms with van der Waals surface area (Å²) in [6, 6.07) is 3.57. The molecule has 0 aliphatic carbocycles. The maximum atomic E-state index is 12.2. The Morgan fingerprint density at radius 2 is 2.15 bits per heavy atom. The number of hydrogen-bond donors (Lipinski definition) is 0. The average Bonchev–Trinajstić information content (AvgIpc) is 2.80. The molecule has 0 aliphatic heterocycles. The Kier molecular flexibility index (Phi) is 6.94. The third-order valence-corrected chi connectivity index (χ3v) is 5.91. The van der Waals surface area contributed by atoms with Gasteiger partial charge in [0.15, 0.2) is 0 Å². The van der Waals surface area contributed by atoms with Gasteiger partial charge in [0.1, 0.15) is 0 Å². The molecule has 1 rings (SSSR count). The zero-order valence-corrected chi connectivity index (χ0v) is 13.9. The van der Waals surface area contributed by atoms with Gasteiger partial charge >= 0.3 is 5.97 Å². The molecule has 0 unspecified atom stereocenters. The van der Waals surface area contributed by atoms with Crippen molar-refractivity contribution >= 4 is 38.9 Å². The molecule has 5 nitrogen and oxygen atoms in total. The number of carbonyl (C=O) groups is 1. The molecule has 114 valence electrons. The van der Waals surface area contributed by atoms with Crippen molar-refractivity contribution in [2.24, 2.45) is 0 Å². The number of hydrogen-bond acceptors (Lipinski definition) is 5. The van der Waals surface area contributed by atoms with E-state index >= 15 is 0 Å². The summed E-state index contributed by atoms with van der Waals surface area (Å²) in [6.07, 6.45) is 0.370. The van der Waals surface area contributed by atoms with E-state index in [9.17, 15) is 13.2 Å². The van der Waals surface area contributed by atoms with Crippen LogP contribution in [0.4, 0.5) is 0 Å². The van der Waals surface area contributed by atoms with Crippen molar-refractivity contribution in [3.8, 4) is 0 Å². The third kappa shape index (κ3) is 5.40. The lowest BCUT2D eigenvalue weighted by atomic mass is 10.3. The molecule has 0 aliphatic rings. The van der Waals surface area contributed by atoms with Crippen LogP contribution < -0.4 is 0 Å². The number of ether oxygens (including phenoxy) is 1. The van der Waals surface area contributed by atoms with Gasteiger partial charge in [-0.15, -0.1) is 11.3 Å². The minimum absolute atomic E-state index is 0.0605. The molecule has 0 N–H and O–H groups in total. The second-order valence-corrected chi connectivity index (χ2v) is 8.02. The number of methoxy groups -OCH3 is 1. The van der Waals surface area contributed by atoms with E-state index in [2.05, 4.69) is 4.74 Å². The van der Waals surface area contributed by atoms with Crippen molar-refractivity contribution in [2.45, 2.75) is 26.3 Å². The number of carbonyl (C=O) groups excluding carboxylic acids is 1. The zero-order valence-electron chi connectivity index (χ0n) is 11.5. The topological polar surface area (TPSA) is 63.7 Å². The molecule has 1 aromatic heterocycles. The lowest BCUT2D eigenvalue weighted by Gasteiger charge is -2.19. The van der Waals surface area contributed by atoms with Crippen LogP contribution in [0, 0.1) is 0 Å². The second kappa shape index (κ2) is 7.97. The molecule has 0 aromatic carbocycles. The summed E-state index contributed by atoms with van der Waals surface area (Å²) in [6.45, 7) is 2.48. The Morgan fingerprint density at radius 3 is 2.65 bits per heavy atom. The first-order valence-corrected chi connectivity index (χ1v) is 8.98. The smallest absolute Gasteiger partial charge is 0.305 e. The van der Waals surface area contributed by atoms with Gasteiger partial charge in [-0.05, 0) is 18.6 Å². The van der Waals surface area contributed by atoms with Gasteiger partial charge < -0.3 is 4.74 Å². The van der Waals surface area contributed by atoms with Gasteiger partial charge in [0, 0.05) is 24.4 Å². The van der Waals surface area contributed by atoms with E-state index in [1.165, 1.54) is 22.8 Å². The summed E-state index contributed by atoms with van der Waals surface area (Å²) in [5.74, 6) is -0.456. The lowest BCUT2D eigenvalue weighted by molar-refractivity contribution is -0.140. The van der Waals surface area contributed by atoms with Gasteiger partial charge in [0.25, 0.3) is 0 Å². The Bertz CT molecular complexity index is 541. The summed E-state index contributed by atoms with van der Waals surface area (Å²) in [5.41, 5.74) is 0. The van der Waals surface area contributed by atoms with Crippen molar-refractivity contribution in [2.75, 3.05) is 19.4 Å². The molecule has 1 heterocycles. The Balaban J connectivity index is 2.60. The fraction of sp³-hybridized carbons (Fsp3) is 0.583. The average molecular weight is 340 g/mol. The van der Waals surface area contributed by atoms with Gasteiger partial charge in [-0.1, -0.05) is 18.5 Å². The molecule has 1 aromatic rings. The molecule has 0 fully saturated rings. The first-order chi connectivity index (χ1) is 9.39. The van der Waals surface area contributed by atoms with E-state index in [4.69, 9.17) is 11.6 Å². The van der Waals surface area contributed by atoms with Crippen LogP contribution in [-0.2, 0) is 26.1 Å². The number of thiophene rings is 1. The summed E-state index contributed by atoms with van der Waals surface area (Å²) >= 11 is 7.20. The van der Waals surface area contributed by atoms with Crippen LogP contribution in [0.3, 0.4) is 0 Å². The molecule has 0 spiro atoms. The fourth-order valence-corrected chi connectivity index (χ4v) is 4.33. The molecule has 0 saturated heterocycles.